The molecule has 1 aromatic heterocycles. The Morgan fingerprint density at radius 3 is 1.68 bits per heavy atom. The molecule has 0 bridgehead atoms. The molecule has 4 rings (SSSR count). The van der Waals surface area contributed by atoms with E-state index in [1.165, 1.54) is 22.1 Å². The van der Waals surface area contributed by atoms with Gasteiger partial charge in [0.2, 0.25) is 0 Å². The number of nitrogens with zero attached hydrogens (tertiary/aromatic N) is 2. The molecule has 0 N–H and O–H groups in total. The van der Waals surface area contributed by atoms with Crippen molar-refractivity contribution in [1.29, 1.82) is 0 Å². The van der Waals surface area contributed by atoms with Gasteiger partial charge in [-0.2, -0.15) is 0 Å². The summed E-state index contributed by atoms with van der Waals surface area (Å²) in [5.41, 5.74) is 11.1. The van der Waals surface area contributed by atoms with Crippen LogP contribution >= 0.6 is 0 Å². The van der Waals surface area contributed by atoms with E-state index in [1.807, 2.05) is 6.07 Å². The van der Waals surface area contributed by atoms with Crippen molar-refractivity contribution in [1.82, 2.24) is 9.97 Å². The Bertz CT molecular complexity index is 1110. The van der Waals surface area contributed by atoms with Crippen molar-refractivity contribution < 1.29 is 0 Å². The first-order valence-corrected chi connectivity index (χ1v) is 10.3. The lowest BCUT2D eigenvalue weighted by molar-refractivity contribution is 0.126. The van der Waals surface area contributed by atoms with Gasteiger partial charge in [-0.05, 0) is 34.3 Å². The monoisotopic (exact) mass is 368 g/mol. The van der Waals surface area contributed by atoms with E-state index in [1.54, 1.807) is 0 Å². The minimum atomic E-state index is 0.0638. The molecule has 0 saturated heterocycles. The second kappa shape index (κ2) is 5.72. The van der Waals surface area contributed by atoms with Crippen LogP contribution in [0.1, 0.15) is 58.4 Å². The minimum absolute atomic E-state index is 0.0638. The first-order valence-electron chi connectivity index (χ1n) is 10.3. The van der Waals surface area contributed by atoms with Crippen LogP contribution in [-0.2, 0) is 10.8 Å². The fraction of sp³-hybridized carbons (Fsp3) is 0.417. The topological polar surface area (TPSA) is 25.8 Å². The van der Waals surface area contributed by atoms with E-state index in [2.05, 4.69) is 88.4 Å². The van der Waals surface area contributed by atoms with Crippen molar-refractivity contribution in [2.45, 2.75) is 59.3 Å². The SMILES string of the molecule is Bc1c2c(c(B)c3nc(-c4ccccc4)c(C)nc13)C(C)(C)C(C)(C)C2(C)C. The Kier molecular flexibility index (Phi) is 3.93. The molecule has 0 spiro atoms. The normalized spacial score (nSPS) is 19.0. The van der Waals surface area contributed by atoms with Gasteiger partial charge in [0.15, 0.2) is 0 Å². The third-order valence-corrected chi connectivity index (χ3v) is 8.20. The van der Waals surface area contributed by atoms with Crippen LogP contribution in [0.25, 0.3) is 22.3 Å². The summed E-state index contributed by atoms with van der Waals surface area (Å²) >= 11 is 0. The number of benzene rings is 2. The molecule has 3 aromatic rings. The lowest BCUT2D eigenvalue weighted by atomic mass is 9.58. The zero-order valence-corrected chi connectivity index (χ0v) is 18.8. The number of hydrogen-bond donors (Lipinski definition) is 0. The van der Waals surface area contributed by atoms with Crippen LogP contribution in [0.5, 0.6) is 0 Å². The molecule has 142 valence electrons. The molecule has 1 aliphatic carbocycles. The molecule has 0 saturated carbocycles. The summed E-state index contributed by atoms with van der Waals surface area (Å²) < 4.78 is 0. The van der Waals surface area contributed by atoms with Crippen LogP contribution < -0.4 is 10.9 Å². The molecule has 2 nitrogen and oxygen atoms in total. The Morgan fingerprint density at radius 2 is 1.18 bits per heavy atom. The van der Waals surface area contributed by atoms with E-state index < -0.39 is 0 Å². The van der Waals surface area contributed by atoms with Crippen LogP contribution in [0, 0.1) is 12.3 Å². The van der Waals surface area contributed by atoms with Gasteiger partial charge in [0.05, 0.1) is 22.4 Å². The molecule has 1 aliphatic rings. The maximum absolute atomic E-state index is 5.18. The van der Waals surface area contributed by atoms with Crippen molar-refractivity contribution in [3.8, 4) is 11.3 Å². The van der Waals surface area contributed by atoms with Crippen molar-refractivity contribution in [3.63, 3.8) is 0 Å². The second-order valence-electron chi connectivity index (χ2n) is 10.1. The van der Waals surface area contributed by atoms with Crippen molar-refractivity contribution in [3.05, 3.63) is 47.2 Å². The van der Waals surface area contributed by atoms with Crippen LogP contribution in [0.4, 0.5) is 0 Å². The van der Waals surface area contributed by atoms with Gasteiger partial charge in [-0.3, -0.25) is 0 Å². The van der Waals surface area contributed by atoms with Gasteiger partial charge in [-0.15, -0.1) is 0 Å². The first kappa shape index (κ1) is 19.2. The zero-order valence-electron chi connectivity index (χ0n) is 18.8. The smallest absolute Gasteiger partial charge is 0.142 e. The Hall–Kier alpha value is -2.09. The van der Waals surface area contributed by atoms with E-state index in [4.69, 9.17) is 9.97 Å². The van der Waals surface area contributed by atoms with Gasteiger partial charge < -0.3 is 0 Å². The predicted octanol–water partition coefficient (Wildman–Crippen LogP) is 2.72. The largest absolute Gasteiger partial charge is 0.250 e. The van der Waals surface area contributed by atoms with Crippen LogP contribution in [0.15, 0.2) is 30.3 Å². The lowest BCUT2D eigenvalue weighted by Gasteiger charge is -2.45. The third-order valence-electron chi connectivity index (χ3n) is 8.20. The molecule has 0 atom stereocenters. The summed E-state index contributed by atoms with van der Waals surface area (Å²) in [6.45, 7) is 16.5. The van der Waals surface area contributed by atoms with Crippen molar-refractivity contribution in [2.24, 2.45) is 5.41 Å². The molecule has 0 radical (unpaired) electrons. The Labute approximate surface area is 171 Å². The molecule has 0 fully saturated rings. The lowest BCUT2D eigenvalue weighted by Crippen LogP contribution is -2.43. The Morgan fingerprint density at radius 1 is 0.714 bits per heavy atom. The number of fused-ring (bicyclic) bond motifs is 2. The standard InChI is InChI=1S/C24H30B2N2/c1-13-19(14-11-9-8-10-12-14)28-21-18(26)16-15(17(25)20(21)27-13)22(2,3)24(6,7)23(16,4)5/h8-12H,25-26H2,1-7H3. The summed E-state index contributed by atoms with van der Waals surface area (Å²) in [5.74, 6) is 0. The van der Waals surface area contributed by atoms with E-state index in [0.717, 1.165) is 28.0 Å². The van der Waals surface area contributed by atoms with Crippen LogP contribution in [0.2, 0.25) is 0 Å². The molecule has 4 heteroatoms. The number of aryl methyl sites for hydroxylation is 1. The van der Waals surface area contributed by atoms with Gasteiger partial charge in [-0.1, -0.05) is 82.8 Å². The highest BCUT2D eigenvalue weighted by molar-refractivity contribution is 6.46. The molecule has 28 heavy (non-hydrogen) atoms. The molecular weight excluding hydrogens is 338 g/mol. The maximum atomic E-state index is 5.18. The van der Waals surface area contributed by atoms with Gasteiger partial charge in [0.1, 0.15) is 15.7 Å². The Balaban J connectivity index is 2.14. The average molecular weight is 368 g/mol. The summed E-state index contributed by atoms with van der Waals surface area (Å²) in [5, 5.41) is 0. The number of aromatic nitrogens is 2. The molecule has 0 amide bonds. The molecule has 1 heterocycles. The van der Waals surface area contributed by atoms with Crippen molar-refractivity contribution in [2.75, 3.05) is 0 Å². The van der Waals surface area contributed by atoms with Gasteiger partial charge in [-0.25, -0.2) is 9.97 Å². The maximum Gasteiger partial charge on any atom is 0.142 e. The van der Waals surface area contributed by atoms with E-state index in [-0.39, 0.29) is 16.2 Å². The zero-order chi connectivity index (χ0) is 20.6. The van der Waals surface area contributed by atoms with Crippen molar-refractivity contribution >= 4 is 37.7 Å². The van der Waals surface area contributed by atoms with E-state index in [9.17, 15) is 0 Å². The van der Waals surface area contributed by atoms with E-state index in [0.29, 0.717) is 0 Å². The second-order valence-corrected chi connectivity index (χ2v) is 10.1. The van der Waals surface area contributed by atoms with Gasteiger partial charge in [0.25, 0.3) is 0 Å². The quantitative estimate of drug-likeness (QED) is 0.618. The molecule has 0 unspecified atom stereocenters. The van der Waals surface area contributed by atoms with Crippen LogP contribution in [-0.4, -0.2) is 25.7 Å². The summed E-state index contributed by atoms with van der Waals surface area (Å²) in [4.78, 5) is 10.3. The predicted molar refractivity (Wildman–Crippen MR) is 126 cm³/mol. The first-order chi connectivity index (χ1) is 12.9. The van der Waals surface area contributed by atoms with Gasteiger partial charge in [0, 0.05) is 5.56 Å². The highest BCUT2D eigenvalue weighted by Crippen LogP contribution is 2.60. The van der Waals surface area contributed by atoms with E-state index >= 15 is 0 Å². The highest BCUT2D eigenvalue weighted by Gasteiger charge is 2.58. The fourth-order valence-corrected chi connectivity index (χ4v) is 5.49. The third kappa shape index (κ3) is 2.18. The fourth-order valence-electron chi connectivity index (χ4n) is 5.49. The highest BCUT2D eigenvalue weighted by atomic mass is 14.8. The summed E-state index contributed by atoms with van der Waals surface area (Å²) in [7, 11) is 4.49. The number of rotatable bonds is 1. The van der Waals surface area contributed by atoms with Crippen LogP contribution in [0.3, 0.4) is 0 Å². The molecular formula is C24H30B2N2. The summed E-state index contributed by atoms with van der Waals surface area (Å²) in [6, 6.07) is 10.4. The molecule has 0 aliphatic heterocycles. The number of hydrogen-bond acceptors (Lipinski definition) is 2. The van der Waals surface area contributed by atoms with Gasteiger partial charge >= 0.3 is 0 Å². The molecule has 2 aromatic carbocycles. The minimum Gasteiger partial charge on any atom is -0.250 e. The summed E-state index contributed by atoms with van der Waals surface area (Å²) in [6.07, 6.45) is 0. The average Bonchev–Trinajstić information content (AvgIpc) is 2.74.